The van der Waals surface area contributed by atoms with Crippen LogP contribution in [0.1, 0.15) is 40.5 Å². The first-order valence-electron chi connectivity index (χ1n) is 8.34. The minimum atomic E-state index is -0.986. The number of hydrogen-bond donors (Lipinski definition) is 3. The predicted octanol–water partition coefficient (Wildman–Crippen LogP) is -0.126. The number of esters is 1. The van der Waals surface area contributed by atoms with E-state index < -0.39 is 54.1 Å². The summed E-state index contributed by atoms with van der Waals surface area (Å²) in [5, 5.41) is 7.14. The summed E-state index contributed by atoms with van der Waals surface area (Å²) in [6, 6.07) is -1.37. The number of carbonyl (C=O) groups is 5. The van der Waals surface area contributed by atoms with Gasteiger partial charge in [-0.1, -0.05) is 0 Å². The van der Waals surface area contributed by atoms with Crippen LogP contribution in [0.25, 0.3) is 0 Å². The molecular formula is C16H24N4O6. The van der Waals surface area contributed by atoms with E-state index in [1.165, 1.54) is 0 Å². The Morgan fingerprint density at radius 2 is 1.88 bits per heavy atom. The number of carbonyl (C=O) groups excluding carboxylic acids is 5. The fraction of sp³-hybridized carbons (Fsp3) is 0.688. The predicted molar refractivity (Wildman–Crippen MR) is 88.8 cm³/mol. The summed E-state index contributed by atoms with van der Waals surface area (Å²) in [7, 11) is 0. The van der Waals surface area contributed by atoms with E-state index in [1.807, 2.05) is 5.32 Å². The molecule has 0 bridgehead atoms. The average molecular weight is 368 g/mol. The minimum Gasteiger partial charge on any atom is -0.454 e. The van der Waals surface area contributed by atoms with E-state index in [4.69, 9.17) is 4.74 Å². The van der Waals surface area contributed by atoms with E-state index in [1.54, 1.807) is 27.7 Å². The van der Waals surface area contributed by atoms with E-state index in [2.05, 4.69) is 10.6 Å². The highest BCUT2D eigenvalue weighted by Gasteiger charge is 2.56. The number of rotatable bonds is 5. The van der Waals surface area contributed by atoms with Crippen LogP contribution in [0.4, 0.5) is 9.59 Å². The molecule has 1 atom stereocenters. The van der Waals surface area contributed by atoms with Crippen molar-refractivity contribution >= 4 is 29.8 Å². The van der Waals surface area contributed by atoms with Crippen LogP contribution >= 0.6 is 0 Å². The number of nitrogens with one attached hydrogen (secondary N) is 3. The monoisotopic (exact) mass is 368 g/mol. The van der Waals surface area contributed by atoms with Gasteiger partial charge in [-0.2, -0.15) is 0 Å². The Bertz CT molecular complexity index is 652. The average Bonchev–Trinajstić information content (AvgIpc) is 3.29. The highest BCUT2D eigenvalue weighted by atomic mass is 16.5. The zero-order valence-electron chi connectivity index (χ0n) is 15.3. The van der Waals surface area contributed by atoms with Crippen molar-refractivity contribution < 1.29 is 28.7 Å². The van der Waals surface area contributed by atoms with Crippen molar-refractivity contribution in [3.63, 3.8) is 0 Å². The fourth-order valence-electron chi connectivity index (χ4n) is 2.65. The molecule has 0 aromatic rings. The fourth-order valence-corrected chi connectivity index (χ4v) is 2.65. The second-order valence-corrected chi connectivity index (χ2v) is 7.71. The molecule has 10 nitrogen and oxygen atoms in total. The van der Waals surface area contributed by atoms with Crippen molar-refractivity contribution in [2.75, 3.05) is 13.2 Å². The molecule has 10 heteroatoms. The van der Waals surface area contributed by atoms with Crippen LogP contribution in [-0.2, 0) is 19.1 Å². The van der Waals surface area contributed by atoms with Gasteiger partial charge in [0, 0.05) is 5.54 Å². The van der Waals surface area contributed by atoms with Crippen LogP contribution in [0.15, 0.2) is 0 Å². The summed E-state index contributed by atoms with van der Waals surface area (Å²) in [4.78, 5) is 60.1. The lowest BCUT2D eigenvalue weighted by Crippen LogP contribution is -2.49. The number of urea groups is 2. The molecule has 0 aromatic carbocycles. The topological polar surface area (TPSA) is 134 Å². The lowest BCUT2D eigenvalue weighted by molar-refractivity contribution is -0.150. The zero-order valence-corrected chi connectivity index (χ0v) is 15.3. The summed E-state index contributed by atoms with van der Waals surface area (Å²) in [5.41, 5.74) is -1.52. The molecular weight excluding hydrogens is 344 g/mol. The Hall–Kier alpha value is -2.65. The molecule has 1 heterocycles. The third kappa shape index (κ3) is 4.70. The van der Waals surface area contributed by atoms with Crippen molar-refractivity contribution in [3.8, 4) is 0 Å². The molecule has 6 amide bonds. The standard InChI is InChI=1S/C16H24N4O6/c1-15(2,3)18-13(24)17-10(21)8-26-11(22)7-20-12(23)16(4,9-5-6-9)19-14(20)25/h9H,5-8H2,1-4H3,(H,19,25)(H2,17,18,21,24)/t16-/m1/s1. The van der Waals surface area contributed by atoms with Gasteiger partial charge in [0.1, 0.15) is 12.1 Å². The van der Waals surface area contributed by atoms with Crippen molar-refractivity contribution in [2.45, 2.75) is 51.6 Å². The molecule has 2 rings (SSSR count). The Kier molecular flexibility index (Phi) is 5.24. The molecule has 144 valence electrons. The van der Waals surface area contributed by atoms with E-state index in [9.17, 15) is 24.0 Å². The van der Waals surface area contributed by atoms with E-state index in [0.29, 0.717) is 0 Å². The third-order valence-electron chi connectivity index (χ3n) is 4.09. The van der Waals surface area contributed by atoms with Gasteiger partial charge in [-0.05, 0) is 46.5 Å². The molecule has 0 radical (unpaired) electrons. The van der Waals surface area contributed by atoms with Crippen molar-refractivity contribution in [3.05, 3.63) is 0 Å². The van der Waals surface area contributed by atoms with E-state index >= 15 is 0 Å². The van der Waals surface area contributed by atoms with E-state index in [-0.39, 0.29) is 5.92 Å². The zero-order chi connectivity index (χ0) is 19.7. The molecule has 0 spiro atoms. The number of ether oxygens (including phenoxy) is 1. The summed E-state index contributed by atoms with van der Waals surface area (Å²) in [5.74, 6) is -2.14. The Morgan fingerprint density at radius 1 is 1.27 bits per heavy atom. The molecule has 1 aliphatic carbocycles. The molecule has 1 aliphatic heterocycles. The summed E-state index contributed by atoms with van der Waals surface area (Å²) in [6.07, 6.45) is 1.69. The molecule has 0 unspecified atom stereocenters. The van der Waals surface area contributed by atoms with Gasteiger partial charge in [-0.15, -0.1) is 0 Å². The van der Waals surface area contributed by atoms with Crippen LogP contribution < -0.4 is 16.0 Å². The van der Waals surface area contributed by atoms with Crippen molar-refractivity contribution in [2.24, 2.45) is 5.92 Å². The van der Waals surface area contributed by atoms with Crippen LogP contribution in [0.3, 0.4) is 0 Å². The summed E-state index contributed by atoms with van der Waals surface area (Å²) >= 11 is 0. The van der Waals surface area contributed by atoms with Gasteiger partial charge in [0.25, 0.3) is 11.8 Å². The minimum absolute atomic E-state index is 0.0760. The van der Waals surface area contributed by atoms with Gasteiger partial charge in [-0.25, -0.2) is 9.59 Å². The second-order valence-electron chi connectivity index (χ2n) is 7.71. The first-order valence-corrected chi connectivity index (χ1v) is 8.34. The van der Waals surface area contributed by atoms with Gasteiger partial charge < -0.3 is 15.4 Å². The highest BCUT2D eigenvalue weighted by Crippen LogP contribution is 2.42. The molecule has 26 heavy (non-hydrogen) atoms. The molecule has 1 saturated heterocycles. The Balaban J connectivity index is 1.78. The van der Waals surface area contributed by atoms with Gasteiger partial charge in [0.15, 0.2) is 6.61 Å². The van der Waals surface area contributed by atoms with Crippen LogP contribution in [0.2, 0.25) is 0 Å². The van der Waals surface area contributed by atoms with Gasteiger partial charge >= 0.3 is 18.0 Å². The molecule has 0 aromatic heterocycles. The summed E-state index contributed by atoms with van der Waals surface area (Å²) in [6.45, 7) is 5.58. The quantitative estimate of drug-likeness (QED) is 0.457. The number of nitrogens with zero attached hydrogens (tertiary/aromatic N) is 1. The molecule has 2 fully saturated rings. The number of amides is 6. The van der Waals surface area contributed by atoms with E-state index in [0.717, 1.165) is 17.7 Å². The number of imide groups is 2. The van der Waals surface area contributed by atoms with Crippen molar-refractivity contribution in [1.82, 2.24) is 20.9 Å². The van der Waals surface area contributed by atoms with Crippen LogP contribution in [0.5, 0.6) is 0 Å². The third-order valence-corrected chi connectivity index (χ3v) is 4.09. The number of hydrogen-bond acceptors (Lipinski definition) is 6. The maximum atomic E-state index is 12.4. The first-order chi connectivity index (χ1) is 11.9. The van der Waals surface area contributed by atoms with Gasteiger partial charge in [-0.3, -0.25) is 24.6 Å². The molecule has 3 N–H and O–H groups in total. The molecule has 2 aliphatic rings. The highest BCUT2D eigenvalue weighted by molar-refractivity contribution is 6.09. The maximum absolute atomic E-state index is 12.4. The Morgan fingerprint density at radius 3 is 2.42 bits per heavy atom. The second kappa shape index (κ2) is 6.93. The van der Waals surface area contributed by atoms with Gasteiger partial charge in [0.2, 0.25) is 0 Å². The Labute approximate surface area is 151 Å². The lowest BCUT2D eigenvalue weighted by atomic mass is 9.96. The van der Waals surface area contributed by atoms with Crippen molar-refractivity contribution in [1.29, 1.82) is 0 Å². The smallest absolute Gasteiger partial charge is 0.326 e. The van der Waals surface area contributed by atoms with Crippen LogP contribution in [-0.4, -0.2) is 59.0 Å². The lowest BCUT2D eigenvalue weighted by Gasteiger charge is -2.21. The summed E-state index contributed by atoms with van der Waals surface area (Å²) < 4.78 is 4.73. The maximum Gasteiger partial charge on any atom is 0.326 e. The SMILES string of the molecule is CC(C)(C)NC(=O)NC(=O)COC(=O)CN1C(=O)N[C@](C)(C2CC2)C1=O. The normalized spacial score (nSPS) is 22.7. The first kappa shape index (κ1) is 19.7. The largest absolute Gasteiger partial charge is 0.454 e. The van der Waals surface area contributed by atoms with Gasteiger partial charge in [0.05, 0.1) is 0 Å². The molecule has 1 saturated carbocycles. The van der Waals surface area contributed by atoms with Crippen LogP contribution in [0, 0.1) is 5.92 Å².